The molecule has 0 bridgehead atoms. The lowest BCUT2D eigenvalue weighted by atomic mass is 10.1. The summed E-state index contributed by atoms with van der Waals surface area (Å²) in [7, 11) is 0. The Hall–Kier alpha value is -1.99. The summed E-state index contributed by atoms with van der Waals surface area (Å²) in [5.74, 6) is 2.61. The molecule has 8 heteroatoms. The molecule has 0 fully saturated rings. The highest BCUT2D eigenvalue weighted by Gasteiger charge is 2.22. The summed E-state index contributed by atoms with van der Waals surface area (Å²) in [6, 6.07) is 3.58. The quantitative estimate of drug-likeness (QED) is 0.863. The number of anilines is 1. The number of aryl methyl sites for hydroxylation is 1. The van der Waals surface area contributed by atoms with Crippen LogP contribution in [-0.4, -0.2) is 38.2 Å². The summed E-state index contributed by atoms with van der Waals surface area (Å²) >= 11 is 5.77. The number of rotatable bonds is 5. The molecular formula is C16H21ClN6O. The van der Waals surface area contributed by atoms with Crippen LogP contribution in [0.1, 0.15) is 37.8 Å². The number of amides is 1. The van der Waals surface area contributed by atoms with Gasteiger partial charge in [-0.25, -0.2) is 14.6 Å². The number of nitrogens with one attached hydrogen (secondary N) is 2. The predicted molar refractivity (Wildman–Crippen MR) is 92.1 cm³/mol. The third-order valence-corrected chi connectivity index (χ3v) is 4.16. The lowest BCUT2D eigenvalue weighted by Gasteiger charge is -2.23. The second-order valence-corrected chi connectivity index (χ2v) is 6.69. The Morgan fingerprint density at radius 3 is 3.00 bits per heavy atom. The van der Waals surface area contributed by atoms with Crippen molar-refractivity contribution in [3.8, 4) is 0 Å². The Labute approximate surface area is 145 Å². The van der Waals surface area contributed by atoms with E-state index in [0.717, 1.165) is 31.0 Å². The average molecular weight is 349 g/mol. The van der Waals surface area contributed by atoms with Gasteiger partial charge in [-0.15, -0.1) is 0 Å². The molecule has 0 saturated heterocycles. The molecular weight excluding hydrogens is 328 g/mol. The number of halogens is 1. The second-order valence-electron chi connectivity index (χ2n) is 6.25. The van der Waals surface area contributed by atoms with Gasteiger partial charge in [-0.1, -0.05) is 25.4 Å². The molecule has 0 radical (unpaired) electrons. The maximum Gasteiger partial charge on any atom is 0.239 e. The zero-order chi connectivity index (χ0) is 17.1. The van der Waals surface area contributed by atoms with Crippen molar-refractivity contribution >= 4 is 23.3 Å². The van der Waals surface area contributed by atoms with Crippen molar-refractivity contribution in [3.63, 3.8) is 0 Å². The third-order valence-electron chi connectivity index (χ3n) is 3.94. The van der Waals surface area contributed by atoms with Crippen LogP contribution in [0.4, 0.5) is 5.82 Å². The molecule has 0 saturated carbocycles. The van der Waals surface area contributed by atoms with Crippen LogP contribution in [0.5, 0.6) is 0 Å². The van der Waals surface area contributed by atoms with Gasteiger partial charge in [0.05, 0.1) is 18.1 Å². The van der Waals surface area contributed by atoms with Gasteiger partial charge >= 0.3 is 0 Å². The van der Waals surface area contributed by atoms with Gasteiger partial charge in [0.1, 0.15) is 11.6 Å². The molecule has 3 rings (SSSR count). The lowest BCUT2D eigenvalue weighted by Crippen LogP contribution is -2.41. The topological polar surface area (TPSA) is 84.7 Å². The number of aromatic nitrogens is 4. The molecule has 2 aromatic rings. The van der Waals surface area contributed by atoms with Crippen LogP contribution in [0.15, 0.2) is 18.3 Å². The molecule has 1 atom stereocenters. The van der Waals surface area contributed by atoms with E-state index >= 15 is 0 Å². The van der Waals surface area contributed by atoms with Crippen LogP contribution in [0.3, 0.4) is 0 Å². The summed E-state index contributed by atoms with van der Waals surface area (Å²) in [6.07, 6.45) is 3.32. The first-order chi connectivity index (χ1) is 11.5. The monoisotopic (exact) mass is 348 g/mol. The standard InChI is InChI=1S/C16H21ClN6O/c1-10(2)16-21-14-6-4-12(9-23(14)22-16)18-8-15(24)20-13-5-3-11(17)7-19-13/h3,5,7,10,12,18H,4,6,8-9H2,1-2H3,(H,19,20,24)/t12-/m0/s1. The van der Waals surface area contributed by atoms with Gasteiger partial charge in [-0.05, 0) is 18.6 Å². The van der Waals surface area contributed by atoms with E-state index in [1.807, 2.05) is 4.68 Å². The van der Waals surface area contributed by atoms with Crippen molar-refractivity contribution in [3.05, 3.63) is 35.0 Å². The average Bonchev–Trinajstić information content (AvgIpc) is 2.99. The molecule has 7 nitrogen and oxygen atoms in total. The van der Waals surface area contributed by atoms with Gasteiger partial charge in [0, 0.05) is 24.6 Å². The third kappa shape index (κ3) is 4.10. The molecule has 128 valence electrons. The Bertz CT molecular complexity index is 712. The van der Waals surface area contributed by atoms with Crippen LogP contribution in [0, 0.1) is 0 Å². The fourth-order valence-corrected chi connectivity index (χ4v) is 2.73. The highest BCUT2D eigenvalue weighted by atomic mass is 35.5. The first kappa shape index (κ1) is 16.9. The molecule has 0 aromatic carbocycles. The molecule has 3 heterocycles. The Kier molecular flexibility index (Phi) is 5.11. The molecule has 2 aromatic heterocycles. The number of pyridine rings is 1. The van der Waals surface area contributed by atoms with Gasteiger partial charge in [0.15, 0.2) is 5.82 Å². The number of carbonyl (C=O) groups excluding carboxylic acids is 1. The van der Waals surface area contributed by atoms with Crippen LogP contribution in [0.25, 0.3) is 0 Å². The van der Waals surface area contributed by atoms with Gasteiger partial charge in [-0.3, -0.25) is 4.79 Å². The predicted octanol–water partition coefficient (Wildman–Crippen LogP) is 1.99. The van der Waals surface area contributed by atoms with Crippen molar-refractivity contribution < 1.29 is 4.79 Å². The summed E-state index contributed by atoms with van der Waals surface area (Å²) in [6.45, 7) is 5.15. The van der Waals surface area contributed by atoms with Crippen LogP contribution >= 0.6 is 11.6 Å². The van der Waals surface area contributed by atoms with E-state index in [9.17, 15) is 4.79 Å². The fourth-order valence-electron chi connectivity index (χ4n) is 2.61. The molecule has 0 unspecified atom stereocenters. The summed E-state index contributed by atoms with van der Waals surface area (Å²) in [5, 5.41) is 11.1. The summed E-state index contributed by atoms with van der Waals surface area (Å²) < 4.78 is 1.95. The van der Waals surface area contributed by atoms with E-state index in [-0.39, 0.29) is 18.5 Å². The van der Waals surface area contributed by atoms with Crippen LogP contribution < -0.4 is 10.6 Å². The molecule has 0 spiro atoms. The van der Waals surface area contributed by atoms with Crippen molar-refractivity contribution in [1.82, 2.24) is 25.1 Å². The maximum atomic E-state index is 12.0. The zero-order valence-corrected chi connectivity index (χ0v) is 14.5. The first-order valence-corrected chi connectivity index (χ1v) is 8.47. The molecule has 2 N–H and O–H groups in total. The van der Waals surface area contributed by atoms with E-state index < -0.39 is 0 Å². The van der Waals surface area contributed by atoms with E-state index in [0.29, 0.717) is 16.8 Å². The molecule has 1 aliphatic heterocycles. The van der Waals surface area contributed by atoms with Gasteiger partial charge in [0.25, 0.3) is 0 Å². The Balaban J connectivity index is 1.50. The van der Waals surface area contributed by atoms with Gasteiger partial charge in [0.2, 0.25) is 5.91 Å². The number of carbonyl (C=O) groups is 1. The minimum absolute atomic E-state index is 0.128. The fraction of sp³-hybridized carbons (Fsp3) is 0.500. The number of hydrogen-bond donors (Lipinski definition) is 2. The van der Waals surface area contributed by atoms with Gasteiger partial charge < -0.3 is 10.6 Å². The maximum absolute atomic E-state index is 12.0. The Morgan fingerprint density at radius 2 is 2.29 bits per heavy atom. The van der Waals surface area contributed by atoms with Crippen molar-refractivity contribution in [2.75, 3.05) is 11.9 Å². The van der Waals surface area contributed by atoms with Crippen LogP contribution in [-0.2, 0) is 17.8 Å². The number of fused-ring (bicyclic) bond motifs is 1. The number of nitrogens with zero attached hydrogens (tertiary/aromatic N) is 4. The minimum atomic E-state index is -0.128. The molecule has 24 heavy (non-hydrogen) atoms. The normalized spacial score (nSPS) is 16.9. The van der Waals surface area contributed by atoms with E-state index in [1.165, 1.54) is 6.20 Å². The highest BCUT2D eigenvalue weighted by molar-refractivity contribution is 6.30. The van der Waals surface area contributed by atoms with Crippen LogP contribution in [0.2, 0.25) is 5.02 Å². The minimum Gasteiger partial charge on any atom is -0.310 e. The SMILES string of the molecule is CC(C)c1nc2n(n1)C[C@@H](NCC(=O)Nc1ccc(Cl)cn1)CC2. The van der Waals surface area contributed by atoms with E-state index in [1.54, 1.807) is 12.1 Å². The van der Waals surface area contributed by atoms with E-state index in [2.05, 4.69) is 39.5 Å². The van der Waals surface area contributed by atoms with E-state index in [4.69, 9.17) is 11.6 Å². The van der Waals surface area contributed by atoms with Crippen molar-refractivity contribution in [2.24, 2.45) is 0 Å². The van der Waals surface area contributed by atoms with Gasteiger partial charge in [-0.2, -0.15) is 5.10 Å². The van der Waals surface area contributed by atoms with Crippen molar-refractivity contribution in [1.29, 1.82) is 0 Å². The molecule has 0 aliphatic carbocycles. The smallest absolute Gasteiger partial charge is 0.239 e. The molecule has 1 aliphatic rings. The zero-order valence-electron chi connectivity index (χ0n) is 13.8. The number of hydrogen-bond acceptors (Lipinski definition) is 5. The summed E-state index contributed by atoms with van der Waals surface area (Å²) in [5.41, 5.74) is 0. The largest absolute Gasteiger partial charge is 0.310 e. The second kappa shape index (κ2) is 7.27. The first-order valence-electron chi connectivity index (χ1n) is 8.09. The Morgan fingerprint density at radius 1 is 1.46 bits per heavy atom. The van der Waals surface area contributed by atoms with Crippen molar-refractivity contribution in [2.45, 2.75) is 45.2 Å². The molecule has 1 amide bonds. The summed E-state index contributed by atoms with van der Waals surface area (Å²) in [4.78, 5) is 20.6. The highest BCUT2D eigenvalue weighted by Crippen LogP contribution is 2.17. The lowest BCUT2D eigenvalue weighted by molar-refractivity contribution is -0.115.